The van der Waals surface area contributed by atoms with Gasteiger partial charge in [-0.15, -0.1) is 0 Å². The third-order valence-electron chi connectivity index (χ3n) is 6.36. The van der Waals surface area contributed by atoms with Crippen LogP contribution in [0.3, 0.4) is 0 Å². The molecule has 1 saturated carbocycles. The number of nitrogens with zero attached hydrogens (tertiary/aromatic N) is 3. The molecule has 8 nitrogen and oxygen atoms in total. The zero-order valence-electron chi connectivity index (χ0n) is 18.9. The van der Waals surface area contributed by atoms with Crippen molar-refractivity contribution in [2.24, 2.45) is 5.92 Å². The first-order valence-electron chi connectivity index (χ1n) is 11.3. The molecule has 0 unspecified atom stereocenters. The molecule has 1 aliphatic carbocycles. The summed E-state index contributed by atoms with van der Waals surface area (Å²) in [5.74, 6) is -4.55. The van der Waals surface area contributed by atoms with Gasteiger partial charge in [0.05, 0.1) is 30.1 Å². The summed E-state index contributed by atoms with van der Waals surface area (Å²) < 4.78 is 69.8. The fourth-order valence-corrected chi connectivity index (χ4v) is 4.39. The lowest BCUT2D eigenvalue weighted by Crippen LogP contribution is -2.48. The van der Waals surface area contributed by atoms with Crippen LogP contribution in [0.4, 0.5) is 27.8 Å². The molecule has 194 valence electrons. The van der Waals surface area contributed by atoms with E-state index in [2.05, 4.69) is 4.98 Å². The van der Waals surface area contributed by atoms with Crippen molar-refractivity contribution in [1.82, 2.24) is 14.9 Å². The van der Waals surface area contributed by atoms with E-state index in [9.17, 15) is 41.4 Å². The van der Waals surface area contributed by atoms with Crippen LogP contribution in [0.5, 0.6) is 0 Å². The highest BCUT2D eigenvalue weighted by atomic mass is 19.4. The topological polar surface area (TPSA) is 105 Å². The summed E-state index contributed by atoms with van der Waals surface area (Å²) in [5.41, 5.74) is -2.23. The third kappa shape index (κ3) is 4.66. The number of β-amino-alcohol motifs (C(OH)–C–C–N with tert-alkyl or cyclic N) is 1. The first-order valence-corrected chi connectivity index (χ1v) is 11.3. The first kappa shape index (κ1) is 24.8. The Balaban J connectivity index is 1.67. The lowest BCUT2D eigenvalue weighted by atomic mass is 10.1. The number of nitrogens with one attached hydrogen (secondary N) is 1. The van der Waals surface area contributed by atoms with Gasteiger partial charge in [0, 0.05) is 12.3 Å². The van der Waals surface area contributed by atoms with Crippen LogP contribution in [0.25, 0.3) is 16.7 Å². The summed E-state index contributed by atoms with van der Waals surface area (Å²) in [6.45, 7) is -0.0764. The number of rotatable bonds is 5. The second kappa shape index (κ2) is 8.91. The lowest BCUT2D eigenvalue weighted by Gasteiger charge is -2.22. The van der Waals surface area contributed by atoms with E-state index < -0.39 is 58.7 Å². The van der Waals surface area contributed by atoms with Gasteiger partial charge in [-0.05, 0) is 43.0 Å². The van der Waals surface area contributed by atoms with Gasteiger partial charge in [-0.2, -0.15) is 13.2 Å². The zero-order valence-corrected chi connectivity index (χ0v) is 18.9. The molecule has 5 rings (SSSR count). The van der Waals surface area contributed by atoms with Crippen molar-refractivity contribution in [3.8, 4) is 5.69 Å². The number of alkyl halides is 3. The van der Waals surface area contributed by atoms with E-state index in [1.54, 1.807) is 0 Å². The van der Waals surface area contributed by atoms with E-state index in [0.29, 0.717) is 6.07 Å². The molecule has 1 aliphatic heterocycles. The molecule has 13 heteroatoms. The van der Waals surface area contributed by atoms with Crippen LogP contribution in [0.2, 0.25) is 0 Å². The number of hydrogen-bond donors (Lipinski definition) is 2. The summed E-state index contributed by atoms with van der Waals surface area (Å²) in [7, 11) is 0. The molecule has 1 aromatic carbocycles. The van der Waals surface area contributed by atoms with Crippen molar-refractivity contribution in [2.45, 2.75) is 37.6 Å². The normalized spacial score (nSPS) is 18.9. The van der Waals surface area contributed by atoms with E-state index in [1.165, 1.54) is 12.1 Å². The lowest BCUT2D eigenvalue weighted by molar-refractivity contribution is -0.158. The maximum atomic E-state index is 14.8. The standard InChI is InChI=1S/C24H19F5N4O4/c25-12-3-5-17(16(26)7-12)32-10-15(23(37)31-21(11-1-2-11)24(27,28)29)20(36)14-4-6-18(30-22(14)32)33-9-13(34)8-19(33)35/h3-7,10-11,13,21,34H,1-2,8-9H2,(H,31,37)/t13-,21+/m0/s1. The Morgan fingerprint density at radius 3 is 2.46 bits per heavy atom. The molecule has 3 heterocycles. The zero-order chi connectivity index (χ0) is 26.6. The second-order valence-corrected chi connectivity index (χ2v) is 9.07. The first-order chi connectivity index (χ1) is 17.4. The number of benzene rings is 1. The summed E-state index contributed by atoms with van der Waals surface area (Å²) in [5, 5.41) is 11.4. The van der Waals surface area contributed by atoms with Crippen molar-refractivity contribution in [1.29, 1.82) is 0 Å². The monoisotopic (exact) mass is 522 g/mol. The van der Waals surface area contributed by atoms with Crippen molar-refractivity contribution >= 4 is 28.7 Å². The maximum absolute atomic E-state index is 14.8. The average Bonchev–Trinajstić information content (AvgIpc) is 3.60. The quantitative estimate of drug-likeness (QED) is 0.502. The van der Waals surface area contributed by atoms with Crippen molar-refractivity contribution < 1.29 is 36.6 Å². The maximum Gasteiger partial charge on any atom is 0.408 e. The van der Waals surface area contributed by atoms with Crippen LogP contribution in [-0.4, -0.2) is 51.3 Å². The van der Waals surface area contributed by atoms with Gasteiger partial charge in [0.25, 0.3) is 5.91 Å². The fourth-order valence-electron chi connectivity index (χ4n) is 4.39. The number of aliphatic hydroxyl groups excluding tert-OH is 1. The van der Waals surface area contributed by atoms with Gasteiger partial charge in [-0.3, -0.25) is 23.9 Å². The molecular weight excluding hydrogens is 503 g/mol. The van der Waals surface area contributed by atoms with Crippen LogP contribution in [-0.2, 0) is 4.79 Å². The van der Waals surface area contributed by atoms with Gasteiger partial charge in [-0.25, -0.2) is 13.8 Å². The van der Waals surface area contributed by atoms with Crippen LogP contribution < -0.4 is 15.6 Å². The van der Waals surface area contributed by atoms with Gasteiger partial charge >= 0.3 is 6.18 Å². The Labute approximate surface area is 205 Å². The molecule has 37 heavy (non-hydrogen) atoms. The molecule has 1 saturated heterocycles. The molecule has 2 fully saturated rings. The molecule has 0 spiro atoms. The van der Waals surface area contributed by atoms with Crippen LogP contribution in [0, 0.1) is 17.6 Å². The van der Waals surface area contributed by atoms with Crippen LogP contribution in [0.1, 0.15) is 29.6 Å². The molecule has 2 aromatic heterocycles. The van der Waals surface area contributed by atoms with Gasteiger partial charge in [0.1, 0.15) is 29.1 Å². The molecular formula is C24H19F5N4O4. The Morgan fingerprint density at radius 1 is 1.14 bits per heavy atom. The second-order valence-electron chi connectivity index (χ2n) is 9.07. The molecule has 2 amide bonds. The minimum atomic E-state index is -4.74. The Kier molecular flexibility index (Phi) is 5.97. The molecule has 2 aliphatic rings. The van der Waals surface area contributed by atoms with Crippen molar-refractivity contribution in [3.63, 3.8) is 0 Å². The molecule has 3 aromatic rings. The molecule has 2 N–H and O–H groups in total. The van der Waals surface area contributed by atoms with Gasteiger partial charge in [-0.1, -0.05) is 0 Å². The minimum Gasteiger partial charge on any atom is -0.391 e. The SMILES string of the molecule is O=C(N[C@H](C1CC1)C(F)(F)F)c1cn(-c2ccc(F)cc2F)c2nc(N3C[C@@H](O)CC3=O)ccc2c1=O. The third-order valence-corrected chi connectivity index (χ3v) is 6.36. The Bertz CT molecular complexity index is 1480. The number of amides is 2. The van der Waals surface area contributed by atoms with E-state index in [4.69, 9.17) is 0 Å². The highest BCUT2D eigenvalue weighted by Crippen LogP contribution is 2.40. The average molecular weight is 522 g/mol. The van der Waals surface area contributed by atoms with E-state index in [0.717, 1.165) is 27.8 Å². The fraction of sp³-hybridized carbons (Fsp3) is 0.333. The number of carbonyl (C=O) groups is 2. The van der Waals surface area contributed by atoms with Crippen LogP contribution >= 0.6 is 0 Å². The minimum absolute atomic E-state index is 0.0211. The number of carbonyl (C=O) groups excluding carboxylic acids is 2. The smallest absolute Gasteiger partial charge is 0.391 e. The van der Waals surface area contributed by atoms with Gasteiger partial charge in [0.2, 0.25) is 11.3 Å². The number of aliphatic hydroxyl groups is 1. The largest absolute Gasteiger partial charge is 0.408 e. The number of aromatic nitrogens is 2. The molecule has 2 atom stereocenters. The number of hydrogen-bond acceptors (Lipinski definition) is 5. The summed E-state index contributed by atoms with van der Waals surface area (Å²) in [4.78, 5) is 43.7. The predicted molar refractivity (Wildman–Crippen MR) is 120 cm³/mol. The Morgan fingerprint density at radius 2 is 1.86 bits per heavy atom. The van der Waals surface area contributed by atoms with E-state index in [1.807, 2.05) is 5.32 Å². The highest BCUT2D eigenvalue weighted by molar-refractivity contribution is 5.99. The molecule has 0 radical (unpaired) electrons. The molecule has 0 bridgehead atoms. The number of anilines is 1. The summed E-state index contributed by atoms with van der Waals surface area (Å²) >= 11 is 0. The number of halogens is 5. The Hall–Kier alpha value is -3.87. The summed E-state index contributed by atoms with van der Waals surface area (Å²) in [6.07, 6.45) is -4.46. The van der Waals surface area contributed by atoms with Crippen molar-refractivity contribution in [2.75, 3.05) is 11.4 Å². The highest BCUT2D eigenvalue weighted by Gasteiger charge is 2.50. The summed E-state index contributed by atoms with van der Waals surface area (Å²) in [6, 6.07) is 2.80. The van der Waals surface area contributed by atoms with Crippen LogP contribution in [0.15, 0.2) is 41.3 Å². The van der Waals surface area contributed by atoms with Crippen molar-refractivity contribution in [3.05, 3.63) is 63.9 Å². The predicted octanol–water partition coefficient (Wildman–Crippen LogP) is 2.83. The number of fused-ring (bicyclic) bond motifs is 1. The van der Waals surface area contributed by atoms with Gasteiger partial charge in [0.15, 0.2) is 5.65 Å². The van der Waals surface area contributed by atoms with E-state index >= 15 is 0 Å². The van der Waals surface area contributed by atoms with E-state index in [-0.39, 0.29) is 48.3 Å². The van der Waals surface area contributed by atoms with Gasteiger partial charge < -0.3 is 10.4 Å². The number of pyridine rings is 2.